The predicted octanol–water partition coefficient (Wildman–Crippen LogP) is 5.02. The van der Waals surface area contributed by atoms with Gasteiger partial charge in [0.05, 0.1) is 25.7 Å². The van der Waals surface area contributed by atoms with Crippen LogP contribution in [-0.4, -0.2) is 30.8 Å². The van der Waals surface area contributed by atoms with Crippen molar-refractivity contribution in [2.45, 2.75) is 29.8 Å². The highest BCUT2D eigenvalue weighted by atomic mass is 32.2. The highest BCUT2D eigenvalue weighted by Crippen LogP contribution is 2.37. The quantitative estimate of drug-likeness (QED) is 0.533. The maximum atomic E-state index is 13.5. The fourth-order valence-corrected chi connectivity index (χ4v) is 6.07. The summed E-state index contributed by atoms with van der Waals surface area (Å²) in [7, 11) is -4.14. The van der Waals surface area contributed by atoms with E-state index in [2.05, 4.69) is 4.98 Å². The van der Waals surface area contributed by atoms with E-state index in [1.807, 2.05) is 24.3 Å². The van der Waals surface area contributed by atoms with E-state index in [0.29, 0.717) is 25.0 Å². The zero-order chi connectivity index (χ0) is 20.8. The fraction of sp³-hybridized carbons (Fsp3) is 0.316. The number of thiazole rings is 1. The number of aromatic nitrogens is 1. The summed E-state index contributed by atoms with van der Waals surface area (Å²) in [5.41, 5.74) is -0.684. The Kier molecular flexibility index (Phi) is 5.12. The summed E-state index contributed by atoms with van der Waals surface area (Å²) >= 11 is 1.57. The summed E-state index contributed by atoms with van der Waals surface area (Å²) in [5, 5.41) is 0.935. The number of piperidine rings is 1. The molecule has 2 heterocycles. The third kappa shape index (κ3) is 3.88. The largest absolute Gasteiger partial charge is 0.419 e. The molecule has 0 spiro atoms. The van der Waals surface area contributed by atoms with E-state index in [4.69, 9.17) is 0 Å². The Hall–Kier alpha value is -2.04. The van der Waals surface area contributed by atoms with Crippen molar-refractivity contribution in [1.29, 1.82) is 0 Å². The molecule has 0 saturated carbocycles. The average molecular weight is 444 g/mol. The minimum atomic E-state index is -4.96. The van der Waals surface area contributed by atoms with Gasteiger partial charge in [-0.15, -0.1) is 11.3 Å². The molecule has 10 heteroatoms. The van der Waals surface area contributed by atoms with E-state index >= 15 is 0 Å². The number of benzene rings is 2. The molecule has 0 atom stereocenters. The lowest BCUT2D eigenvalue weighted by molar-refractivity contribution is -0.140. The van der Waals surface area contributed by atoms with Gasteiger partial charge in [0, 0.05) is 19.0 Å². The summed E-state index contributed by atoms with van der Waals surface area (Å²) < 4.78 is 80.1. The topological polar surface area (TPSA) is 50.3 Å². The molecule has 29 heavy (non-hydrogen) atoms. The van der Waals surface area contributed by atoms with Gasteiger partial charge in [0.15, 0.2) is 0 Å². The summed E-state index contributed by atoms with van der Waals surface area (Å²) in [6, 6.07) is 9.51. The van der Waals surface area contributed by atoms with Gasteiger partial charge >= 0.3 is 6.18 Å². The number of rotatable bonds is 3. The standard InChI is InChI=1S/C19H16F4N2O2S2/c20-15-6-5-13(11-14(15)19(21,22)23)29(26,27)25-9-7-12(8-10-25)18-24-16-3-1-2-4-17(16)28-18/h1-6,11-12H,7-10H2. The summed E-state index contributed by atoms with van der Waals surface area (Å²) in [6.07, 6.45) is -3.92. The highest BCUT2D eigenvalue weighted by Gasteiger charge is 2.37. The van der Waals surface area contributed by atoms with Gasteiger partial charge in [-0.2, -0.15) is 17.5 Å². The second kappa shape index (κ2) is 7.33. The first kappa shape index (κ1) is 20.2. The number of sulfonamides is 1. The van der Waals surface area contributed by atoms with Crippen molar-refractivity contribution in [2.24, 2.45) is 0 Å². The molecule has 0 aliphatic carbocycles. The second-order valence-corrected chi connectivity index (χ2v) is 9.84. The van der Waals surface area contributed by atoms with Crippen LogP contribution >= 0.6 is 11.3 Å². The minimum absolute atomic E-state index is 0.0952. The zero-order valence-corrected chi connectivity index (χ0v) is 16.6. The fourth-order valence-electron chi connectivity index (χ4n) is 3.44. The van der Waals surface area contributed by atoms with Gasteiger partial charge in [0.25, 0.3) is 0 Å². The first-order valence-electron chi connectivity index (χ1n) is 8.88. The summed E-state index contributed by atoms with van der Waals surface area (Å²) in [5.74, 6) is -1.40. The number of hydrogen-bond donors (Lipinski definition) is 0. The molecule has 0 amide bonds. The van der Waals surface area contributed by atoms with Crippen LogP contribution in [0.4, 0.5) is 17.6 Å². The summed E-state index contributed by atoms with van der Waals surface area (Å²) in [6.45, 7) is 0.337. The molecular formula is C19H16F4N2O2S2. The average Bonchev–Trinajstić information content (AvgIpc) is 3.11. The lowest BCUT2D eigenvalue weighted by atomic mass is 9.99. The van der Waals surface area contributed by atoms with Crippen LogP contribution in [0.2, 0.25) is 0 Å². The number of hydrogen-bond acceptors (Lipinski definition) is 4. The molecule has 1 saturated heterocycles. The van der Waals surface area contributed by atoms with Crippen molar-refractivity contribution in [1.82, 2.24) is 9.29 Å². The van der Waals surface area contributed by atoms with Crippen LogP contribution in [-0.2, 0) is 16.2 Å². The van der Waals surface area contributed by atoms with E-state index in [1.165, 1.54) is 0 Å². The van der Waals surface area contributed by atoms with E-state index < -0.39 is 32.5 Å². The Morgan fingerprint density at radius 3 is 2.41 bits per heavy atom. The first-order chi connectivity index (χ1) is 13.7. The Morgan fingerprint density at radius 2 is 1.76 bits per heavy atom. The molecular weight excluding hydrogens is 428 g/mol. The van der Waals surface area contributed by atoms with Crippen LogP contribution in [0.15, 0.2) is 47.4 Å². The molecule has 1 aliphatic heterocycles. The molecule has 0 unspecified atom stereocenters. The number of fused-ring (bicyclic) bond motifs is 1. The van der Waals surface area contributed by atoms with Crippen LogP contribution in [0, 0.1) is 5.82 Å². The van der Waals surface area contributed by atoms with Crippen molar-refractivity contribution >= 4 is 31.6 Å². The van der Waals surface area contributed by atoms with Gasteiger partial charge in [-0.3, -0.25) is 0 Å². The Labute approximate surface area is 168 Å². The van der Waals surface area contributed by atoms with E-state index in [1.54, 1.807) is 11.3 Å². The number of halogens is 4. The number of nitrogens with zero attached hydrogens (tertiary/aromatic N) is 2. The third-order valence-corrected chi connectivity index (χ3v) is 8.09. The van der Waals surface area contributed by atoms with Crippen LogP contribution in [0.5, 0.6) is 0 Å². The SMILES string of the molecule is O=S(=O)(c1ccc(F)c(C(F)(F)F)c1)N1CCC(c2nc3ccccc3s2)CC1. The monoisotopic (exact) mass is 444 g/mol. The van der Waals surface area contributed by atoms with E-state index in [0.717, 1.165) is 25.6 Å². The highest BCUT2D eigenvalue weighted by molar-refractivity contribution is 7.89. The molecule has 0 radical (unpaired) electrons. The maximum Gasteiger partial charge on any atom is 0.419 e. The molecule has 4 nitrogen and oxygen atoms in total. The van der Waals surface area contributed by atoms with Gasteiger partial charge in [0.2, 0.25) is 10.0 Å². The molecule has 0 bridgehead atoms. The molecule has 1 aromatic heterocycles. The lowest BCUT2D eigenvalue weighted by Gasteiger charge is -2.30. The number of para-hydroxylation sites is 1. The van der Waals surface area contributed by atoms with Crippen LogP contribution < -0.4 is 0 Å². The first-order valence-corrected chi connectivity index (χ1v) is 11.1. The van der Waals surface area contributed by atoms with Crippen LogP contribution in [0.1, 0.15) is 29.3 Å². The van der Waals surface area contributed by atoms with Gasteiger partial charge < -0.3 is 0 Å². The molecule has 3 aromatic rings. The normalized spacial score (nSPS) is 17.1. The molecule has 1 fully saturated rings. The maximum absolute atomic E-state index is 13.5. The van der Waals surface area contributed by atoms with Crippen molar-refractivity contribution in [3.63, 3.8) is 0 Å². The van der Waals surface area contributed by atoms with E-state index in [9.17, 15) is 26.0 Å². The zero-order valence-electron chi connectivity index (χ0n) is 15.0. The van der Waals surface area contributed by atoms with Gasteiger partial charge in [-0.05, 0) is 43.2 Å². The third-order valence-electron chi connectivity index (χ3n) is 4.99. The van der Waals surface area contributed by atoms with Crippen LogP contribution in [0.25, 0.3) is 10.2 Å². The molecule has 4 rings (SSSR count). The van der Waals surface area contributed by atoms with Crippen LogP contribution in [0.3, 0.4) is 0 Å². The molecule has 2 aromatic carbocycles. The van der Waals surface area contributed by atoms with Crippen molar-refractivity contribution < 1.29 is 26.0 Å². The Morgan fingerprint density at radius 1 is 1.07 bits per heavy atom. The van der Waals surface area contributed by atoms with Crippen molar-refractivity contribution in [2.75, 3.05) is 13.1 Å². The summed E-state index contributed by atoms with van der Waals surface area (Å²) in [4.78, 5) is 4.06. The minimum Gasteiger partial charge on any atom is -0.241 e. The molecule has 1 aliphatic rings. The Bertz CT molecular complexity index is 1120. The molecule has 154 valence electrons. The molecule has 0 N–H and O–H groups in total. The Balaban J connectivity index is 1.53. The smallest absolute Gasteiger partial charge is 0.241 e. The lowest BCUT2D eigenvalue weighted by Crippen LogP contribution is -2.38. The second-order valence-electron chi connectivity index (χ2n) is 6.84. The number of alkyl halides is 3. The van der Waals surface area contributed by atoms with Gasteiger partial charge in [0.1, 0.15) is 5.82 Å². The van der Waals surface area contributed by atoms with Crippen molar-refractivity contribution in [3.05, 3.63) is 58.9 Å². The van der Waals surface area contributed by atoms with E-state index in [-0.39, 0.29) is 19.0 Å². The van der Waals surface area contributed by atoms with Gasteiger partial charge in [-0.25, -0.2) is 17.8 Å². The van der Waals surface area contributed by atoms with Gasteiger partial charge in [-0.1, -0.05) is 12.1 Å². The van der Waals surface area contributed by atoms with Crippen molar-refractivity contribution in [3.8, 4) is 0 Å². The predicted molar refractivity (Wildman–Crippen MR) is 102 cm³/mol.